The van der Waals surface area contributed by atoms with Gasteiger partial charge in [0.15, 0.2) is 5.96 Å². The lowest BCUT2D eigenvalue weighted by molar-refractivity contribution is 0.158. The number of guanidine groups is 1. The number of piperidine rings is 2. The van der Waals surface area contributed by atoms with E-state index in [9.17, 15) is 0 Å². The van der Waals surface area contributed by atoms with E-state index in [2.05, 4.69) is 35.9 Å². The molecule has 0 aromatic rings. The van der Waals surface area contributed by atoms with Crippen LogP contribution < -0.4 is 5.32 Å². The van der Waals surface area contributed by atoms with Crippen LogP contribution in [-0.2, 0) is 0 Å². The van der Waals surface area contributed by atoms with Crippen LogP contribution in [0.5, 0.6) is 0 Å². The van der Waals surface area contributed by atoms with Crippen molar-refractivity contribution in [1.29, 1.82) is 0 Å². The molecule has 0 bridgehead atoms. The summed E-state index contributed by atoms with van der Waals surface area (Å²) in [6, 6.07) is 0.792. The van der Waals surface area contributed by atoms with Crippen molar-refractivity contribution >= 4 is 5.96 Å². The van der Waals surface area contributed by atoms with Crippen LogP contribution in [0.3, 0.4) is 0 Å². The fourth-order valence-electron chi connectivity index (χ4n) is 3.75. The number of nitrogens with one attached hydrogen (secondary N) is 1. The Bertz CT molecular complexity index is 347. The Labute approximate surface area is 143 Å². The van der Waals surface area contributed by atoms with Gasteiger partial charge in [-0.25, -0.2) is 0 Å². The highest BCUT2D eigenvalue weighted by molar-refractivity contribution is 5.80. The summed E-state index contributed by atoms with van der Waals surface area (Å²) in [7, 11) is 0. The van der Waals surface area contributed by atoms with E-state index in [4.69, 9.17) is 4.99 Å². The number of hydrogen-bond donors (Lipinski definition) is 1. The van der Waals surface area contributed by atoms with Crippen LogP contribution in [0.4, 0.5) is 0 Å². The quantitative estimate of drug-likeness (QED) is 0.462. The second kappa shape index (κ2) is 10.2. The first-order valence-corrected chi connectivity index (χ1v) is 9.98. The molecule has 4 nitrogen and oxygen atoms in total. The minimum atomic E-state index is 0.792. The molecule has 2 saturated heterocycles. The first-order valence-electron chi connectivity index (χ1n) is 9.98. The van der Waals surface area contributed by atoms with Gasteiger partial charge in [0.2, 0.25) is 0 Å². The van der Waals surface area contributed by atoms with Gasteiger partial charge >= 0.3 is 0 Å². The van der Waals surface area contributed by atoms with E-state index in [1.165, 1.54) is 58.0 Å². The van der Waals surface area contributed by atoms with Gasteiger partial charge in [-0.3, -0.25) is 4.99 Å². The van der Waals surface area contributed by atoms with Crippen molar-refractivity contribution in [3.63, 3.8) is 0 Å². The molecule has 0 amide bonds. The number of nitrogens with zero attached hydrogens (tertiary/aromatic N) is 3. The average Bonchev–Trinajstić information content (AvgIpc) is 2.56. The minimum absolute atomic E-state index is 0.792. The molecule has 1 unspecified atom stereocenters. The summed E-state index contributed by atoms with van der Waals surface area (Å²) in [5.74, 6) is 2.02. The molecule has 0 aliphatic carbocycles. The normalized spacial score (nSPS) is 24.9. The summed E-state index contributed by atoms with van der Waals surface area (Å²) in [5.41, 5.74) is 0. The second-order valence-electron chi connectivity index (χ2n) is 7.49. The number of aliphatic imine (C=N–C) groups is 1. The van der Waals surface area contributed by atoms with Crippen molar-refractivity contribution in [2.75, 3.05) is 39.3 Å². The minimum Gasteiger partial charge on any atom is -0.357 e. The Morgan fingerprint density at radius 1 is 1.04 bits per heavy atom. The Morgan fingerprint density at radius 2 is 1.83 bits per heavy atom. The molecule has 2 heterocycles. The largest absolute Gasteiger partial charge is 0.357 e. The summed E-state index contributed by atoms with van der Waals surface area (Å²) in [6.07, 6.45) is 9.29. The van der Waals surface area contributed by atoms with Gasteiger partial charge in [0.25, 0.3) is 0 Å². The van der Waals surface area contributed by atoms with Crippen LogP contribution in [0.2, 0.25) is 0 Å². The van der Waals surface area contributed by atoms with Crippen LogP contribution in [0.15, 0.2) is 4.99 Å². The standard InChI is InChI=1S/C19H38N4/c1-4-20-19(23-15-10-17(2)11-16-23)21-12-6-8-14-22-13-7-5-9-18(22)3/h17-18H,4-16H2,1-3H3,(H,20,21). The van der Waals surface area contributed by atoms with Gasteiger partial charge in [0.05, 0.1) is 0 Å². The number of unbranched alkanes of at least 4 members (excludes halogenated alkanes) is 1. The van der Waals surface area contributed by atoms with Crippen LogP contribution in [0.1, 0.15) is 65.7 Å². The van der Waals surface area contributed by atoms with Gasteiger partial charge in [-0.15, -0.1) is 0 Å². The Kier molecular flexibility index (Phi) is 8.21. The number of rotatable bonds is 6. The molecule has 2 aliphatic heterocycles. The highest BCUT2D eigenvalue weighted by Crippen LogP contribution is 2.17. The van der Waals surface area contributed by atoms with Crippen molar-refractivity contribution in [2.45, 2.75) is 71.8 Å². The Hall–Kier alpha value is -0.770. The van der Waals surface area contributed by atoms with Gasteiger partial charge in [-0.05, 0) is 71.4 Å². The zero-order valence-electron chi connectivity index (χ0n) is 15.7. The zero-order chi connectivity index (χ0) is 16.5. The molecule has 1 N–H and O–H groups in total. The molecule has 23 heavy (non-hydrogen) atoms. The van der Waals surface area contributed by atoms with E-state index >= 15 is 0 Å². The zero-order valence-corrected chi connectivity index (χ0v) is 15.7. The third-order valence-electron chi connectivity index (χ3n) is 5.47. The van der Waals surface area contributed by atoms with E-state index < -0.39 is 0 Å². The van der Waals surface area contributed by atoms with E-state index in [-0.39, 0.29) is 0 Å². The van der Waals surface area contributed by atoms with Gasteiger partial charge in [0.1, 0.15) is 0 Å². The summed E-state index contributed by atoms with van der Waals surface area (Å²) in [6.45, 7) is 13.7. The summed E-state index contributed by atoms with van der Waals surface area (Å²) >= 11 is 0. The van der Waals surface area contributed by atoms with Crippen LogP contribution in [-0.4, -0.2) is 61.1 Å². The summed E-state index contributed by atoms with van der Waals surface area (Å²) in [5, 5.41) is 3.48. The number of hydrogen-bond acceptors (Lipinski definition) is 2. The van der Waals surface area contributed by atoms with Gasteiger partial charge in [-0.2, -0.15) is 0 Å². The maximum Gasteiger partial charge on any atom is 0.193 e. The van der Waals surface area contributed by atoms with Crippen molar-refractivity contribution in [3.8, 4) is 0 Å². The first kappa shape index (κ1) is 18.6. The van der Waals surface area contributed by atoms with Crippen molar-refractivity contribution in [3.05, 3.63) is 0 Å². The summed E-state index contributed by atoms with van der Waals surface area (Å²) < 4.78 is 0. The van der Waals surface area contributed by atoms with E-state index in [1.54, 1.807) is 0 Å². The Balaban J connectivity index is 1.68. The molecular formula is C19H38N4. The van der Waals surface area contributed by atoms with Crippen molar-refractivity contribution < 1.29 is 0 Å². The Morgan fingerprint density at radius 3 is 2.52 bits per heavy atom. The maximum absolute atomic E-state index is 4.88. The van der Waals surface area contributed by atoms with Crippen molar-refractivity contribution in [1.82, 2.24) is 15.1 Å². The fourth-order valence-corrected chi connectivity index (χ4v) is 3.75. The second-order valence-corrected chi connectivity index (χ2v) is 7.49. The van der Waals surface area contributed by atoms with Crippen LogP contribution >= 0.6 is 0 Å². The monoisotopic (exact) mass is 322 g/mol. The molecule has 1 atom stereocenters. The lowest BCUT2D eigenvalue weighted by Crippen LogP contribution is -2.45. The van der Waals surface area contributed by atoms with E-state index in [1.807, 2.05) is 0 Å². The fraction of sp³-hybridized carbons (Fsp3) is 0.947. The lowest BCUT2D eigenvalue weighted by atomic mass is 10.00. The topological polar surface area (TPSA) is 30.9 Å². The molecule has 2 fully saturated rings. The smallest absolute Gasteiger partial charge is 0.193 e. The average molecular weight is 323 g/mol. The molecule has 2 aliphatic rings. The molecule has 0 aromatic heterocycles. The third kappa shape index (κ3) is 6.33. The third-order valence-corrected chi connectivity index (χ3v) is 5.47. The van der Waals surface area contributed by atoms with Crippen molar-refractivity contribution in [2.24, 2.45) is 10.9 Å². The molecular weight excluding hydrogens is 284 g/mol. The van der Waals surface area contributed by atoms with Crippen LogP contribution in [0, 0.1) is 5.92 Å². The lowest BCUT2D eigenvalue weighted by Gasteiger charge is -2.33. The van der Waals surface area contributed by atoms with E-state index in [0.29, 0.717) is 0 Å². The molecule has 4 heteroatoms. The molecule has 134 valence electrons. The van der Waals surface area contributed by atoms with Gasteiger partial charge in [0, 0.05) is 32.2 Å². The van der Waals surface area contributed by atoms with E-state index in [0.717, 1.165) is 44.1 Å². The molecule has 0 saturated carbocycles. The predicted molar refractivity (Wildman–Crippen MR) is 100 cm³/mol. The highest BCUT2D eigenvalue weighted by atomic mass is 15.3. The maximum atomic E-state index is 4.88. The first-order chi connectivity index (χ1) is 11.2. The summed E-state index contributed by atoms with van der Waals surface area (Å²) in [4.78, 5) is 10.0. The highest BCUT2D eigenvalue weighted by Gasteiger charge is 2.19. The van der Waals surface area contributed by atoms with Gasteiger partial charge in [-0.1, -0.05) is 13.3 Å². The molecule has 0 radical (unpaired) electrons. The predicted octanol–water partition coefficient (Wildman–Crippen LogP) is 3.34. The molecule has 0 spiro atoms. The molecule has 0 aromatic carbocycles. The van der Waals surface area contributed by atoms with Crippen LogP contribution in [0.25, 0.3) is 0 Å². The SMILES string of the molecule is CCNC(=NCCCCN1CCCCC1C)N1CCC(C)CC1. The van der Waals surface area contributed by atoms with Gasteiger partial charge < -0.3 is 15.1 Å². The molecule has 2 rings (SSSR count). The number of likely N-dealkylation sites (tertiary alicyclic amines) is 2.